The number of aryl methyl sites for hydroxylation is 1. The summed E-state index contributed by atoms with van der Waals surface area (Å²) in [5, 5.41) is 10.1. The molecule has 1 atom stereocenters. The Labute approximate surface area is 94.9 Å². The fourth-order valence-electron chi connectivity index (χ4n) is 1.77. The molecule has 3 N–H and O–H groups in total. The molecule has 0 aliphatic carbocycles. The normalized spacial score (nSPS) is 12.5. The molecule has 0 saturated heterocycles. The molecule has 4 heteroatoms. The Kier molecular flexibility index (Phi) is 3.74. The van der Waals surface area contributed by atoms with E-state index in [0.717, 1.165) is 16.5 Å². The van der Waals surface area contributed by atoms with Gasteiger partial charge >= 0.3 is 0 Å². The van der Waals surface area contributed by atoms with Crippen molar-refractivity contribution in [2.24, 2.45) is 12.8 Å². The summed E-state index contributed by atoms with van der Waals surface area (Å²) in [6, 6.07) is 7.76. The van der Waals surface area contributed by atoms with E-state index in [9.17, 15) is 0 Å². The van der Waals surface area contributed by atoms with Crippen LogP contribution in [0.3, 0.4) is 0 Å². The molecular weight excluding hydrogens is 212 g/mol. The monoisotopic (exact) mass is 226 g/mol. The van der Waals surface area contributed by atoms with Crippen molar-refractivity contribution in [3.63, 3.8) is 0 Å². The molecule has 0 fully saturated rings. The second-order valence-electron chi connectivity index (χ2n) is 3.50. The summed E-state index contributed by atoms with van der Waals surface area (Å²) in [7, 11) is 1.98. The maximum absolute atomic E-state index is 9.02. The maximum atomic E-state index is 9.02. The van der Waals surface area contributed by atoms with Gasteiger partial charge in [0.2, 0.25) is 0 Å². The van der Waals surface area contributed by atoms with Crippen LogP contribution in [-0.2, 0) is 7.05 Å². The first-order valence-corrected chi connectivity index (χ1v) is 4.64. The molecule has 1 aromatic carbocycles. The van der Waals surface area contributed by atoms with Crippen LogP contribution in [0.25, 0.3) is 10.9 Å². The standard InChI is InChI=1S/C11H14N2O.ClH/c1-13-6-9(10(12)7-14)8-4-2-3-5-11(8)13;/h2-6,10,14H,7,12H2,1H3;1H/t10-;/m0./s1. The van der Waals surface area contributed by atoms with Gasteiger partial charge in [0.25, 0.3) is 0 Å². The fourth-order valence-corrected chi connectivity index (χ4v) is 1.77. The number of aliphatic hydroxyl groups is 1. The number of rotatable bonds is 2. The van der Waals surface area contributed by atoms with Crippen LogP contribution in [0.1, 0.15) is 11.6 Å². The second kappa shape index (κ2) is 4.66. The number of nitrogens with zero attached hydrogens (tertiary/aromatic N) is 1. The molecule has 0 bridgehead atoms. The molecule has 0 aliphatic heterocycles. The molecule has 3 nitrogen and oxygen atoms in total. The van der Waals surface area contributed by atoms with Gasteiger partial charge in [-0.2, -0.15) is 0 Å². The number of hydrogen-bond acceptors (Lipinski definition) is 2. The Morgan fingerprint density at radius 2 is 2.07 bits per heavy atom. The van der Waals surface area contributed by atoms with Crippen LogP contribution in [0, 0.1) is 0 Å². The second-order valence-corrected chi connectivity index (χ2v) is 3.50. The van der Waals surface area contributed by atoms with Crippen molar-refractivity contribution in [1.82, 2.24) is 4.57 Å². The summed E-state index contributed by atoms with van der Waals surface area (Å²) in [6.45, 7) is -0.0198. The predicted molar refractivity (Wildman–Crippen MR) is 64.2 cm³/mol. The van der Waals surface area contributed by atoms with Crippen molar-refractivity contribution in [2.75, 3.05) is 6.61 Å². The minimum Gasteiger partial charge on any atom is -0.394 e. The van der Waals surface area contributed by atoms with Crippen LogP contribution >= 0.6 is 12.4 Å². The number of halogens is 1. The van der Waals surface area contributed by atoms with E-state index in [0.29, 0.717) is 0 Å². The third-order valence-corrected chi connectivity index (χ3v) is 2.52. The summed E-state index contributed by atoms with van der Waals surface area (Å²) in [5.41, 5.74) is 7.96. The Morgan fingerprint density at radius 1 is 1.40 bits per heavy atom. The highest BCUT2D eigenvalue weighted by Gasteiger charge is 2.11. The fraction of sp³-hybridized carbons (Fsp3) is 0.273. The van der Waals surface area contributed by atoms with Crippen LogP contribution in [0.2, 0.25) is 0 Å². The van der Waals surface area contributed by atoms with Gasteiger partial charge in [0.1, 0.15) is 0 Å². The van der Waals surface area contributed by atoms with Gasteiger partial charge in [-0.3, -0.25) is 0 Å². The Balaban J connectivity index is 0.00000112. The molecule has 0 spiro atoms. The van der Waals surface area contributed by atoms with Crippen LogP contribution in [0.4, 0.5) is 0 Å². The van der Waals surface area contributed by atoms with Crippen molar-refractivity contribution in [1.29, 1.82) is 0 Å². The lowest BCUT2D eigenvalue weighted by molar-refractivity contribution is 0.268. The largest absolute Gasteiger partial charge is 0.394 e. The van der Waals surface area contributed by atoms with Gasteiger partial charge in [0, 0.05) is 24.1 Å². The molecule has 1 aromatic heterocycles. The average molecular weight is 227 g/mol. The van der Waals surface area contributed by atoms with Gasteiger partial charge in [0.05, 0.1) is 12.6 Å². The third-order valence-electron chi connectivity index (χ3n) is 2.52. The number of nitrogens with two attached hydrogens (primary N) is 1. The molecule has 15 heavy (non-hydrogen) atoms. The van der Waals surface area contributed by atoms with Crippen molar-refractivity contribution in [3.8, 4) is 0 Å². The summed E-state index contributed by atoms with van der Waals surface area (Å²) in [4.78, 5) is 0. The number of aromatic nitrogens is 1. The van der Waals surface area contributed by atoms with Crippen LogP contribution < -0.4 is 5.73 Å². The van der Waals surface area contributed by atoms with Gasteiger partial charge in [-0.25, -0.2) is 0 Å². The SMILES string of the molecule is Cl.Cn1cc([C@@H](N)CO)c2ccccc21. The van der Waals surface area contributed by atoms with Gasteiger partial charge in [0.15, 0.2) is 0 Å². The van der Waals surface area contributed by atoms with Crippen molar-refractivity contribution < 1.29 is 5.11 Å². The molecule has 2 rings (SSSR count). The van der Waals surface area contributed by atoms with Crippen molar-refractivity contribution >= 4 is 23.3 Å². The number of fused-ring (bicyclic) bond motifs is 1. The number of aliphatic hydroxyl groups excluding tert-OH is 1. The van der Waals surface area contributed by atoms with Crippen molar-refractivity contribution in [3.05, 3.63) is 36.0 Å². The van der Waals surface area contributed by atoms with E-state index in [1.807, 2.05) is 42.1 Å². The van der Waals surface area contributed by atoms with Crippen molar-refractivity contribution in [2.45, 2.75) is 6.04 Å². The molecule has 0 saturated carbocycles. The average Bonchev–Trinajstić information content (AvgIpc) is 2.56. The minimum absolute atomic E-state index is 0. The van der Waals surface area contributed by atoms with Gasteiger partial charge in [-0.1, -0.05) is 18.2 Å². The van der Waals surface area contributed by atoms with Crippen LogP contribution in [0.5, 0.6) is 0 Å². The van der Waals surface area contributed by atoms with E-state index in [4.69, 9.17) is 10.8 Å². The lowest BCUT2D eigenvalue weighted by Gasteiger charge is -2.05. The molecular formula is C11H15ClN2O. The highest BCUT2D eigenvalue weighted by Crippen LogP contribution is 2.24. The first-order valence-electron chi connectivity index (χ1n) is 4.64. The summed E-state index contributed by atoms with van der Waals surface area (Å²) < 4.78 is 2.03. The smallest absolute Gasteiger partial charge is 0.0625 e. The Hall–Kier alpha value is -1.03. The highest BCUT2D eigenvalue weighted by atomic mass is 35.5. The predicted octanol–water partition coefficient (Wildman–Crippen LogP) is 1.59. The molecule has 82 valence electrons. The summed E-state index contributed by atoms with van der Waals surface area (Å²) in [6.07, 6.45) is 1.98. The third kappa shape index (κ3) is 2.00. The van der Waals surface area contributed by atoms with E-state index in [2.05, 4.69) is 0 Å². The molecule has 0 radical (unpaired) electrons. The minimum atomic E-state index is -0.291. The first kappa shape index (κ1) is 12.0. The van der Waals surface area contributed by atoms with E-state index in [-0.39, 0.29) is 25.1 Å². The molecule has 2 aromatic rings. The molecule has 0 unspecified atom stereocenters. The quantitative estimate of drug-likeness (QED) is 0.817. The van der Waals surface area contributed by atoms with E-state index < -0.39 is 0 Å². The summed E-state index contributed by atoms with van der Waals surface area (Å²) >= 11 is 0. The summed E-state index contributed by atoms with van der Waals surface area (Å²) in [5.74, 6) is 0. The molecule has 1 heterocycles. The maximum Gasteiger partial charge on any atom is 0.0625 e. The number of para-hydroxylation sites is 1. The van der Waals surface area contributed by atoms with E-state index in [1.54, 1.807) is 0 Å². The van der Waals surface area contributed by atoms with Gasteiger partial charge < -0.3 is 15.4 Å². The molecule has 0 amide bonds. The van der Waals surface area contributed by atoms with E-state index in [1.165, 1.54) is 0 Å². The zero-order chi connectivity index (χ0) is 10.1. The highest BCUT2D eigenvalue weighted by molar-refractivity contribution is 5.85. The Morgan fingerprint density at radius 3 is 2.73 bits per heavy atom. The lowest BCUT2D eigenvalue weighted by atomic mass is 10.1. The number of hydrogen-bond donors (Lipinski definition) is 2. The Bertz CT molecular complexity index is 453. The van der Waals surface area contributed by atoms with E-state index >= 15 is 0 Å². The lowest BCUT2D eigenvalue weighted by Crippen LogP contribution is -2.13. The zero-order valence-corrected chi connectivity index (χ0v) is 9.37. The topological polar surface area (TPSA) is 51.2 Å². The number of benzene rings is 1. The first-order chi connectivity index (χ1) is 6.74. The van der Waals surface area contributed by atoms with Crippen LogP contribution in [-0.4, -0.2) is 16.3 Å². The molecule has 0 aliphatic rings. The van der Waals surface area contributed by atoms with Gasteiger partial charge in [-0.05, 0) is 11.6 Å². The van der Waals surface area contributed by atoms with Gasteiger partial charge in [-0.15, -0.1) is 12.4 Å². The zero-order valence-electron chi connectivity index (χ0n) is 8.55. The van der Waals surface area contributed by atoms with Crippen LogP contribution in [0.15, 0.2) is 30.5 Å².